The first kappa shape index (κ1) is 15.1. The van der Waals surface area contributed by atoms with Crippen LogP contribution in [-0.4, -0.2) is 13.1 Å². The highest BCUT2D eigenvalue weighted by molar-refractivity contribution is 9.10. The van der Waals surface area contributed by atoms with E-state index in [9.17, 15) is 0 Å². The largest absolute Gasteiger partial charge is 0.467 e. The molecule has 108 valence electrons. The van der Waals surface area contributed by atoms with E-state index in [1.807, 2.05) is 12.1 Å². The Morgan fingerprint density at radius 1 is 1.35 bits per heavy atom. The molecule has 0 aliphatic heterocycles. The third kappa shape index (κ3) is 3.87. The highest BCUT2D eigenvalue weighted by atomic mass is 79.9. The fourth-order valence-electron chi connectivity index (χ4n) is 2.09. The molecule has 0 fully saturated rings. The Bertz CT molecular complexity index is 539. The molecule has 3 nitrogen and oxygen atoms in total. The third-order valence-electron chi connectivity index (χ3n) is 3.46. The van der Waals surface area contributed by atoms with Crippen LogP contribution < -0.4 is 10.6 Å². The van der Waals surface area contributed by atoms with Gasteiger partial charge in [-0.15, -0.1) is 0 Å². The van der Waals surface area contributed by atoms with E-state index >= 15 is 0 Å². The van der Waals surface area contributed by atoms with Crippen molar-refractivity contribution in [2.24, 2.45) is 5.73 Å². The summed E-state index contributed by atoms with van der Waals surface area (Å²) < 4.78 is 6.49. The van der Waals surface area contributed by atoms with Crippen molar-refractivity contribution in [3.63, 3.8) is 0 Å². The molecule has 1 atom stereocenters. The fourth-order valence-corrected chi connectivity index (χ4v) is 2.62. The summed E-state index contributed by atoms with van der Waals surface area (Å²) in [5.74, 6) is 0.959. The van der Waals surface area contributed by atoms with Gasteiger partial charge in [-0.25, -0.2) is 0 Å². The average molecular weight is 337 g/mol. The number of rotatable bonds is 6. The minimum absolute atomic E-state index is 0.220. The third-order valence-corrected chi connectivity index (χ3v) is 4.20. The first-order chi connectivity index (χ1) is 9.60. The molecular formula is C16H21BrN2O. The van der Waals surface area contributed by atoms with Gasteiger partial charge in [-0.2, -0.15) is 0 Å². The van der Waals surface area contributed by atoms with Crippen LogP contribution in [0.25, 0.3) is 0 Å². The van der Waals surface area contributed by atoms with Crippen LogP contribution in [0.2, 0.25) is 0 Å². The van der Waals surface area contributed by atoms with Gasteiger partial charge in [0.15, 0.2) is 0 Å². The van der Waals surface area contributed by atoms with E-state index in [1.165, 1.54) is 5.56 Å². The van der Waals surface area contributed by atoms with Crippen LogP contribution in [-0.2, 0) is 13.0 Å². The number of furan rings is 1. The zero-order valence-corrected chi connectivity index (χ0v) is 13.6. The fraction of sp³-hybridized carbons (Fsp3) is 0.375. The summed E-state index contributed by atoms with van der Waals surface area (Å²) in [7, 11) is 2.06. The second-order valence-electron chi connectivity index (χ2n) is 5.08. The summed E-state index contributed by atoms with van der Waals surface area (Å²) in [6, 6.07) is 10.5. The van der Waals surface area contributed by atoms with Gasteiger partial charge in [0.2, 0.25) is 0 Å². The lowest BCUT2D eigenvalue weighted by Gasteiger charge is -2.19. The van der Waals surface area contributed by atoms with Gasteiger partial charge >= 0.3 is 0 Å². The van der Waals surface area contributed by atoms with Crippen molar-refractivity contribution in [3.05, 3.63) is 52.4 Å². The van der Waals surface area contributed by atoms with Crippen LogP contribution >= 0.6 is 15.9 Å². The van der Waals surface area contributed by atoms with Crippen molar-refractivity contribution in [1.29, 1.82) is 0 Å². The minimum atomic E-state index is 0.220. The lowest BCUT2D eigenvalue weighted by Crippen LogP contribution is -2.21. The minimum Gasteiger partial charge on any atom is -0.467 e. The molecule has 1 unspecified atom stereocenters. The quantitative estimate of drug-likeness (QED) is 0.868. The Hall–Kier alpha value is -1.26. The summed E-state index contributed by atoms with van der Waals surface area (Å²) in [6.45, 7) is 2.87. The maximum absolute atomic E-state index is 6.02. The van der Waals surface area contributed by atoms with E-state index in [4.69, 9.17) is 10.2 Å². The van der Waals surface area contributed by atoms with Crippen molar-refractivity contribution < 1.29 is 4.42 Å². The van der Waals surface area contributed by atoms with E-state index in [0.29, 0.717) is 0 Å². The smallest absolute Gasteiger partial charge is 0.123 e. The number of halogens is 1. The summed E-state index contributed by atoms with van der Waals surface area (Å²) in [4.78, 5) is 2.16. The molecule has 4 heteroatoms. The van der Waals surface area contributed by atoms with Crippen LogP contribution in [0.1, 0.15) is 24.7 Å². The SMILES string of the molecule is CCC(N)Cc1ccc(N(C)Cc2ccco2)cc1Br. The highest BCUT2D eigenvalue weighted by Gasteiger charge is 2.09. The van der Waals surface area contributed by atoms with Crippen LogP contribution in [0.4, 0.5) is 5.69 Å². The van der Waals surface area contributed by atoms with E-state index in [2.05, 4.69) is 53.0 Å². The Morgan fingerprint density at radius 2 is 2.15 bits per heavy atom. The van der Waals surface area contributed by atoms with E-state index in [0.717, 1.165) is 35.3 Å². The summed E-state index contributed by atoms with van der Waals surface area (Å²) >= 11 is 3.65. The number of benzene rings is 1. The molecule has 0 saturated carbocycles. The number of nitrogens with two attached hydrogens (primary N) is 1. The number of nitrogens with zero attached hydrogens (tertiary/aromatic N) is 1. The number of anilines is 1. The van der Waals surface area contributed by atoms with Crippen molar-refractivity contribution in [2.45, 2.75) is 32.4 Å². The van der Waals surface area contributed by atoms with Gasteiger partial charge in [0, 0.05) is 23.2 Å². The molecule has 1 aromatic heterocycles. The van der Waals surface area contributed by atoms with Crippen molar-refractivity contribution in [1.82, 2.24) is 0 Å². The van der Waals surface area contributed by atoms with Gasteiger partial charge in [0.25, 0.3) is 0 Å². The lowest BCUT2D eigenvalue weighted by molar-refractivity contribution is 0.507. The molecule has 0 saturated heterocycles. The Balaban J connectivity index is 2.08. The Kier molecular flexibility index (Phi) is 5.26. The average Bonchev–Trinajstić information content (AvgIpc) is 2.93. The van der Waals surface area contributed by atoms with Crippen molar-refractivity contribution >= 4 is 21.6 Å². The molecule has 20 heavy (non-hydrogen) atoms. The summed E-state index contributed by atoms with van der Waals surface area (Å²) in [5.41, 5.74) is 8.43. The maximum Gasteiger partial charge on any atom is 0.123 e. The highest BCUT2D eigenvalue weighted by Crippen LogP contribution is 2.25. The van der Waals surface area contributed by atoms with Gasteiger partial charge in [-0.3, -0.25) is 0 Å². The van der Waals surface area contributed by atoms with Gasteiger partial charge in [0.1, 0.15) is 5.76 Å². The lowest BCUT2D eigenvalue weighted by atomic mass is 10.0. The topological polar surface area (TPSA) is 42.4 Å². The maximum atomic E-state index is 6.02. The molecule has 1 heterocycles. The van der Waals surface area contributed by atoms with Gasteiger partial charge in [-0.1, -0.05) is 28.9 Å². The molecule has 0 spiro atoms. The monoisotopic (exact) mass is 336 g/mol. The van der Waals surface area contributed by atoms with Crippen LogP contribution in [0.15, 0.2) is 45.5 Å². The molecule has 0 aliphatic rings. The summed E-state index contributed by atoms with van der Waals surface area (Å²) in [6.07, 6.45) is 3.60. The second kappa shape index (κ2) is 6.95. The standard InChI is InChI=1S/C16H21BrN2O/c1-3-13(18)9-12-6-7-14(10-16(12)17)19(2)11-15-5-4-8-20-15/h4-8,10,13H,3,9,11,18H2,1-2H3. The van der Waals surface area contributed by atoms with Crippen LogP contribution in [0.3, 0.4) is 0 Å². The second-order valence-corrected chi connectivity index (χ2v) is 5.94. The van der Waals surface area contributed by atoms with Crippen molar-refractivity contribution in [3.8, 4) is 0 Å². The number of hydrogen-bond acceptors (Lipinski definition) is 3. The van der Waals surface area contributed by atoms with Gasteiger partial charge in [-0.05, 0) is 42.7 Å². The molecule has 1 aromatic carbocycles. The molecule has 0 bridgehead atoms. The van der Waals surface area contributed by atoms with Crippen LogP contribution in [0, 0.1) is 0 Å². The zero-order valence-electron chi connectivity index (χ0n) is 12.0. The molecule has 0 radical (unpaired) electrons. The Labute approximate surface area is 128 Å². The van der Waals surface area contributed by atoms with Crippen LogP contribution in [0.5, 0.6) is 0 Å². The van der Waals surface area contributed by atoms with Gasteiger partial charge in [0.05, 0.1) is 12.8 Å². The Morgan fingerprint density at radius 3 is 2.75 bits per heavy atom. The zero-order chi connectivity index (χ0) is 14.5. The molecule has 0 aliphatic carbocycles. The number of hydrogen-bond donors (Lipinski definition) is 1. The van der Waals surface area contributed by atoms with E-state index in [1.54, 1.807) is 6.26 Å². The van der Waals surface area contributed by atoms with Gasteiger partial charge < -0.3 is 15.1 Å². The van der Waals surface area contributed by atoms with E-state index < -0.39 is 0 Å². The van der Waals surface area contributed by atoms with Crippen molar-refractivity contribution in [2.75, 3.05) is 11.9 Å². The predicted octanol–water partition coefficient (Wildman–Crippen LogP) is 3.96. The molecule has 2 aromatic rings. The normalized spacial score (nSPS) is 12.4. The predicted molar refractivity (Wildman–Crippen MR) is 86.9 cm³/mol. The molecule has 2 rings (SSSR count). The first-order valence-corrected chi connectivity index (χ1v) is 7.67. The van der Waals surface area contributed by atoms with E-state index in [-0.39, 0.29) is 6.04 Å². The molecule has 0 amide bonds. The summed E-state index contributed by atoms with van der Waals surface area (Å²) in [5, 5.41) is 0. The first-order valence-electron chi connectivity index (χ1n) is 6.87. The molecular weight excluding hydrogens is 316 g/mol. The molecule has 2 N–H and O–H groups in total.